The van der Waals surface area contributed by atoms with Gasteiger partial charge in [0.25, 0.3) is 0 Å². The Balaban J connectivity index is 1.88. The lowest BCUT2D eigenvalue weighted by molar-refractivity contribution is 0.584. The minimum atomic E-state index is -3.63. The fraction of sp³-hybridized carbons (Fsp3) is 0.250. The van der Waals surface area contributed by atoms with Gasteiger partial charge >= 0.3 is 0 Å². The normalized spacial score (nSPS) is 11.6. The first kappa shape index (κ1) is 18.6. The van der Waals surface area contributed by atoms with Gasteiger partial charge in [-0.15, -0.1) is 0 Å². The van der Waals surface area contributed by atoms with E-state index in [-0.39, 0.29) is 9.92 Å². The minimum Gasteiger partial charge on any atom is -0.210 e. The number of aryl methyl sites for hydroxylation is 1. The van der Waals surface area contributed by atoms with Crippen molar-refractivity contribution < 1.29 is 8.42 Å². The molecule has 3 nitrogen and oxygen atoms in total. The molecule has 0 amide bonds. The molecule has 0 spiro atoms. The maximum Gasteiger partial charge on any atom is 0.242 e. The van der Waals surface area contributed by atoms with E-state index in [1.54, 1.807) is 18.7 Å². The van der Waals surface area contributed by atoms with Crippen LogP contribution >= 0.6 is 35.0 Å². The number of sulfonamides is 1. The van der Waals surface area contributed by atoms with Crippen molar-refractivity contribution in [2.75, 3.05) is 12.3 Å². The van der Waals surface area contributed by atoms with Gasteiger partial charge in [-0.2, -0.15) is 11.8 Å². The quantitative estimate of drug-likeness (QED) is 0.708. The number of nitrogens with one attached hydrogen (secondary N) is 1. The Morgan fingerprint density at radius 1 is 1.09 bits per heavy atom. The van der Waals surface area contributed by atoms with E-state index in [1.807, 2.05) is 30.3 Å². The van der Waals surface area contributed by atoms with Crippen LogP contribution in [0.25, 0.3) is 0 Å². The number of rotatable bonds is 7. The summed E-state index contributed by atoms with van der Waals surface area (Å²) in [7, 11) is -3.63. The van der Waals surface area contributed by atoms with Gasteiger partial charge in [-0.25, -0.2) is 13.1 Å². The number of hydrogen-bond donors (Lipinski definition) is 1. The Hall–Kier alpha value is -0.720. The fourth-order valence-corrected chi connectivity index (χ4v) is 4.74. The molecule has 2 rings (SSSR count). The first-order valence-corrected chi connectivity index (χ1v) is 10.4. The van der Waals surface area contributed by atoms with Crippen molar-refractivity contribution in [1.82, 2.24) is 4.72 Å². The van der Waals surface area contributed by atoms with Crippen LogP contribution in [-0.2, 0) is 15.8 Å². The maximum absolute atomic E-state index is 12.3. The van der Waals surface area contributed by atoms with Gasteiger partial charge in [0.1, 0.15) is 4.90 Å². The third-order valence-electron chi connectivity index (χ3n) is 3.15. The molecule has 0 saturated carbocycles. The SMILES string of the molecule is Cc1cc(S(=O)(=O)NCCSCc2ccccc2)c(Cl)cc1Cl. The van der Waals surface area contributed by atoms with Gasteiger partial charge in [0.15, 0.2) is 0 Å². The average molecular weight is 390 g/mol. The third kappa shape index (κ3) is 5.40. The Kier molecular flexibility index (Phi) is 6.80. The largest absolute Gasteiger partial charge is 0.242 e. The van der Waals surface area contributed by atoms with Crippen molar-refractivity contribution in [3.05, 3.63) is 63.6 Å². The van der Waals surface area contributed by atoms with Crippen LogP contribution in [0.1, 0.15) is 11.1 Å². The van der Waals surface area contributed by atoms with E-state index in [1.165, 1.54) is 17.7 Å². The minimum absolute atomic E-state index is 0.0640. The lowest BCUT2D eigenvalue weighted by Crippen LogP contribution is -2.26. The highest BCUT2D eigenvalue weighted by Crippen LogP contribution is 2.28. The van der Waals surface area contributed by atoms with E-state index in [4.69, 9.17) is 23.2 Å². The zero-order chi connectivity index (χ0) is 16.9. The number of thioether (sulfide) groups is 1. The lowest BCUT2D eigenvalue weighted by Gasteiger charge is -2.10. The molecule has 0 aliphatic carbocycles. The Morgan fingerprint density at radius 3 is 2.48 bits per heavy atom. The standard InChI is InChI=1S/C16H17Cl2NO2S2/c1-12-9-16(15(18)10-14(12)17)23(20,21)19-7-8-22-11-13-5-3-2-4-6-13/h2-6,9-10,19H,7-8,11H2,1H3. The van der Waals surface area contributed by atoms with Gasteiger partial charge in [-0.05, 0) is 30.2 Å². The Morgan fingerprint density at radius 2 is 1.78 bits per heavy atom. The molecule has 0 aliphatic rings. The van der Waals surface area contributed by atoms with Crippen molar-refractivity contribution in [3.63, 3.8) is 0 Å². The van der Waals surface area contributed by atoms with E-state index in [0.717, 1.165) is 5.75 Å². The summed E-state index contributed by atoms with van der Waals surface area (Å²) in [5.74, 6) is 1.53. The highest BCUT2D eigenvalue weighted by Gasteiger charge is 2.18. The van der Waals surface area contributed by atoms with Crippen LogP contribution in [0.15, 0.2) is 47.4 Å². The summed E-state index contributed by atoms with van der Waals surface area (Å²) in [4.78, 5) is 0.0640. The molecule has 23 heavy (non-hydrogen) atoms. The van der Waals surface area contributed by atoms with Gasteiger partial charge in [0, 0.05) is 23.1 Å². The van der Waals surface area contributed by atoms with E-state index in [9.17, 15) is 8.42 Å². The molecule has 0 saturated heterocycles. The van der Waals surface area contributed by atoms with Gasteiger partial charge in [-0.3, -0.25) is 0 Å². The van der Waals surface area contributed by atoms with Crippen molar-refractivity contribution in [1.29, 1.82) is 0 Å². The van der Waals surface area contributed by atoms with Gasteiger partial charge in [0.2, 0.25) is 10.0 Å². The molecule has 0 heterocycles. The second-order valence-electron chi connectivity index (χ2n) is 4.97. The molecule has 2 aromatic carbocycles. The molecule has 0 radical (unpaired) electrons. The van der Waals surface area contributed by atoms with Crippen molar-refractivity contribution in [2.24, 2.45) is 0 Å². The summed E-state index contributed by atoms with van der Waals surface area (Å²) in [6.07, 6.45) is 0. The van der Waals surface area contributed by atoms with E-state index in [0.29, 0.717) is 22.9 Å². The zero-order valence-electron chi connectivity index (χ0n) is 12.6. The summed E-state index contributed by atoms with van der Waals surface area (Å²) < 4.78 is 27.2. The molecule has 0 atom stereocenters. The van der Waals surface area contributed by atoms with Gasteiger partial charge in [-0.1, -0.05) is 53.5 Å². The van der Waals surface area contributed by atoms with Crippen molar-refractivity contribution in [3.8, 4) is 0 Å². The molecule has 0 aliphatic heterocycles. The molecule has 0 fully saturated rings. The van der Waals surface area contributed by atoms with Crippen LogP contribution < -0.4 is 4.72 Å². The molecule has 7 heteroatoms. The van der Waals surface area contributed by atoms with E-state index >= 15 is 0 Å². The Bertz CT molecular complexity index is 765. The summed E-state index contributed by atoms with van der Waals surface area (Å²) in [6.45, 7) is 2.09. The molecule has 0 aromatic heterocycles. The van der Waals surface area contributed by atoms with Crippen molar-refractivity contribution in [2.45, 2.75) is 17.6 Å². The predicted molar refractivity (Wildman–Crippen MR) is 99.0 cm³/mol. The van der Waals surface area contributed by atoms with Crippen LogP contribution in [0.3, 0.4) is 0 Å². The number of hydrogen-bond acceptors (Lipinski definition) is 3. The second kappa shape index (κ2) is 8.40. The van der Waals surface area contributed by atoms with Gasteiger partial charge in [0.05, 0.1) is 5.02 Å². The lowest BCUT2D eigenvalue weighted by atomic mass is 10.2. The van der Waals surface area contributed by atoms with Gasteiger partial charge < -0.3 is 0 Å². The van der Waals surface area contributed by atoms with Crippen LogP contribution in [0.2, 0.25) is 10.0 Å². The van der Waals surface area contributed by atoms with Crippen LogP contribution in [0.5, 0.6) is 0 Å². The summed E-state index contributed by atoms with van der Waals surface area (Å²) in [6, 6.07) is 13.0. The first-order chi connectivity index (χ1) is 10.9. The van der Waals surface area contributed by atoms with Crippen molar-refractivity contribution >= 4 is 45.0 Å². The second-order valence-corrected chi connectivity index (χ2v) is 8.62. The highest BCUT2D eigenvalue weighted by molar-refractivity contribution is 7.98. The third-order valence-corrected chi connectivity index (χ3v) is 6.52. The molecule has 2 aromatic rings. The fourth-order valence-electron chi connectivity index (χ4n) is 1.93. The molecular weight excluding hydrogens is 373 g/mol. The Labute approximate surface area is 151 Å². The van der Waals surface area contributed by atoms with E-state index in [2.05, 4.69) is 4.72 Å². The smallest absolute Gasteiger partial charge is 0.210 e. The van der Waals surface area contributed by atoms with E-state index < -0.39 is 10.0 Å². The van der Waals surface area contributed by atoms with Crippen LogP contribution in [0.4, 0.5) is 0 Å². The summed E-state index contributed by atoms with van der Waals surface area (Å²) >= 11 is 13.6. The maximum atomic E-state index is 12.3. The monoisotopic (exact) mass is 389 g/mol. The van der Waals surface area contributed by atoms with Crippen LogP contribution in [-0.4, -0.2) is 20.7 Å². The molecule has 0 bridgehead atoms. The van der Waals surface area contributed by atoms with Crippen LogP contribution in [0, 0.1) is 6.92 Å². The molecule has 0 unspecified atom stereocenters. The predicted octanol–water partition coefficient (Wildman–Crippen LogP) is 4.51. The number of benzene rings is 2. The summed E-state index contributed by atoms with van der Waals surface area (Å²) in [5, 5.41) is 0.581. The highest BCUT2D eigenvalue weighted by atomic mass is 35.5. The molecule has 124 valence electrons. The zero-order valence-corrected chi connectivity index (χ0v) is 15.7. The molecule has 1 N–H and O–H groups in total. The average Bonchev–Trinajstić information content (AvgIpc) is 2.51. The first-order valence-electron chi connectivity index (χ1n) is 6.97. The number of halogens is 2. The summed E-state index contributed by atoms with van der Waals surface area (Å²) in [5.41, 5.74) is 1.90. The topological polar surface area (TPSA) is 46.2 Å². The molecular formula is C16H17Cl2NO2S2.